The van der Waals surface area contributed by atoms with Crippen LogP contribution in [0.1, 0.15) is 5.89 Å². The lowest BCUT2D eigenvalue weighted by Gasteiger charge is -2.04. The maximum Gasteiger partial charge on any atom is 0.229 e. The summed E-state index contributed by atoms with van der Waals surface area (Å²) in [5.41, 5.74) is 0.781. The number of aliphatic hydroxyl groups excluding tert-OH is 1. The van der Waals surface area contributed by atoms with Gasteiger partial charge in [-0.3, -0.25) is 4.98 Å². The van der Waals surface area contributed by atoms with Crippen LogP contribution in [0.3, 0.4) is 0 Å². The van der Waals surface area contributed by atoms with Crippen LogP contribution in [0.2, 0.25) is 0 Å². The second-order valence-corrected chi connectivity index (χ2v) is 3.57. The van der Waals surface area contributed by atoms with Gasteiger partial charge in [0, 0.05) is 25.1 Å². The molecule has 0 amide bonds. The topological polar surface area (TPSA) is 81.3 Å². The van der Waals surface area contributed by atoms with Gasteiger partial charge in [0.25, 0.3) is 0 Å². The highest BCUT2D eigenvalue weighted by Gasteiger charge is 2.13. The summed E-state index contributed by atoms with van der Waals surface area (Å²) in [7, 11) is 1.53. The van der Waals surface area contributed by atoms with E-state index < -0.39 is 6.10 Å². The molecule has 6 heteroatoms. The van der Waals surface area contributed by atoms with Crippen molar-refractivity contribution in [3.63, 3.8) is 0 Å². The Labute approximate surface area is 98.3 Å². The van der Waals surface area contributed by atoms with E-state index in [0.717, 1.165) is 5.56 Å². The number of methoxy groups -OCH3 is 1. The van der Waals surface area contributed by atoms with Gasteiger partial charge in [-0.2, -0.15) is 4.98 Å². The lowest BCUT2D eigenvalue weighted by Crippen LogP contribution is -2.17. The van der Waals surface area contributed by atoms with Crippen molar-refractivity contribution in [2.24, 2.45) is 0 Å². The van der Waals surface area contributed by atoms with Gasteiger partial charge < -0.3 is 14.4 Å². The quantitative estimate of drug-likeness (QED) is 0.820. The minimum atomic E-state index is -0.637. The lowest BCUT2D eigenvalue weighted by molar-refractivity contribution is 0.0599. The predicted molar refractivity (Wildman–Crippen MR) is 59.1 cm³/mol. The molecule has 0 aliphatic rings. The monoisotopic (exact) mass is 235 g/mol. The van der Waals surface area contributed by atoms with E-state index in [1.165, 1.54) is 7.11 Å². The normalized spacial score (nSPS) is 12.6. The van der Waals surface area contributed by atoms with Gasteiger partial charge in [-0.1, -0.05) is 5.16 Å². The van der Waals surface area contributed by atoms with Crippen LogP contribution >= 0.6 is 0 Å². The molecule has 2 rings (SSSR count). The number of hydrogen-bond donors (Lipinski definition) is 1. The first-order valence-corrected chi connectivity index (χ1v) is 5.19. The van der Waals surface area contributed by atoms with E-state index in [0.29, 0.717) is 11.7 Å². The Morgan fingerprint density at radius 2 is 2.41 bits per heavy atom. The highest BCUT2D eigenvalue weighted by Crippen LogP contribution is 2.14. The number of rotatable bonds is 5. The summed E-state index contributed by atoms with van der Waals surface area (Å²) in [4.78, 5) is 8.14. The van der Waals surface area contributed by atoms with E-state index in [-0.39, 0.29) is 13.0 Å². The summed E-state index contributed by atoms with van der Waals surface area (Å²) in [6.45, 7) is 0.241. The molecule has 0 radical (unpaired) electrons. The van der Waals surface area contributed by atoms with Crippen LogP contribution in [0.5, 0.6) is 0 Å². The fourth-order valence-electron chi connectivity index (χ4n) is 1.40. The average molecular weight is 235 g/mol. The van der Waals surface area contributed by atoms with Gasteiger partial charge in [-0.15, -0.1) is 0 Å². The first-order chi connectivity index (χ1) is 8.29. The molecule has 0 saturated heterocycles. The molecule has 6 nitrogen and oxygen atoms in total. The fourth-order valence-corrected chi connectivity index (χ4v) is 1.40. The van der Waals surface area contributed by atoms with Crippen molar-refractivity contribution in [1.82, 2.24) is 15.1 Å². The van der Waals surface area contributed by atoms with Crippen molar-refractivity contribution in [1.29, 1.82) is 0 Å². The molecular formula is C11H13N3O3. The summed E-state index contributed by atoms with van der Waals surface area (Å²) >= 11 is 0. The van der Waals surface area contributed by atoms with Crippen molar-refractivity contribution in [3.8, 4) is 11.4 Å². The Kier molecular flexibility index (Phi) is 3.79. The second kappa shape index (κ2) is 5.51. The zero-order chi connectivity index (χ0) is 12.1. The number of pyridine rings is 1. The summed E-state index contributed by atoms with van der Waals surface area (Å²) in [5.74, 6) is 0.853. The predicted octanol–water partition coefficient (Wildman–Crippen LogP) is 0.681. The van der Waals surface area contributed by atoms with Crippen LogP contribution in [0, 0.1) is 0 Å². The minimum Gasteiger partial charge on any atom is -0.390 e. The number of nitrogens with zero attached hydrogens (tertiary/aromatic N) is 3. The number of aromatic nitrogens is 3. The van der Waals surface area contributed by atoms with E-state index in [4.69, 9.17) is 9.26 Å². The van der Waals surface area contributed by atoms with Crippen molar-refractivity contribution in [3.05, 3.63) is 30.4 Å². The second-order valence-electron chi connectivity index (χ2n) is 3.57. The molecule has 17 heavy (non-hydrogen) atoms. The summed E-state index contributed by atoms with van der Waals surface area (Å²) in [6.07, 6.45) is 2.97. The number of aliphatic hydroxyl groups is 1. The number of hydrogen-bond acceptors (Lipinski definition) is 6. The first kappa shape index (κ1) is 11.7. The molecule has 0 aliphatic carbocycles. The molecule has 2 aromatic rings. The Morgan fingerprint density at radius 1 is 1.53 bits per heavy atom. The third-order valence-electron chi connectivity index (χ3n) is 2.16. The van der Waals surface area contributed by atoms with Crippen molar-refractivity contribution in [2.75, 3.05) is 13.7 Å². The Morgan fingerprint density at radius 3 is 3.12 bits per heavy atom. The maximum atomic E-state index is 9.52. The van der Waals surface area contributed by atoms with Crippen LogP contribution in [0.4, 0.5) is 0 Å². The van der Waals surface area contributed by atoms with Crippen LogP contribution < -0.4 is 0 Å². The minimum absolute atomic E-state index is 0.241. The third-order valence-corrected chi connectivity index (χ3v) is 2.16. The van der Waals surface area contributed by atoms with Gasteiger partial charge >= 0.3 is 0 Å². The summed E-state index contributed by atoms with van der Waals surface area (Å²) < 4.78 is 9.85. The van der Waals surface area contributed by atoms with E-state index >= 15 is 0 Å². The van der Waals surface area contributed by atoms with Gasteiger partial charge in [0.1, 0.15) is 0 Å². The number of ether oxygens (including phenoxy) is 1. The standard InChI is InChI=1S/C11H13N3O3/c1-16-7-9(15)5-10-13-11(14-17-10)8-3-2-4-12-6-8/h2-4,6,9,15H,5,7H2,1H3. The van der Waals surface area contributed by atoms with Crippen molar-refractivity contribution < 1.29 is 14.4 Å². The maximum absolute atomic E-state index is 9.52. The summed E-state index contributed by atoms with van der Waals surface area (Å²) in [5, 5.41) is 13.3. The fraction of sp³-hybridized carbons (Fsp3) is 0.364. The molecule has 0 spiro atoms. The van der Waals surface area contributed by atoms with Crippen LogP contribution in [0.15, 0.2) is 29.0 Å². The molecule has 2 aromatic heterocycles. The van der Waals surface area contributed by atoms with Gasteiger partial charge in [0.15, 0.2) is 0 Å². The van der Waals surface area contributed by atoms with E-state index in [1.54, 1.807) is 18.5 Å². The zero-order valence-electron chi connectivity index (χ0n) is 9.41. The molecule has 1 unspecified atom stereocenters. The average Bonchev–Trinajstić information content (AvgIpc) is 2.79. The molecule has 1 atom stereocenters. The summed E-state index contributed by atoms with van der Waals surface area (Å²) in [6, 6.07) is 3.64. The SMILES string of the molecule is COCC(O)Cc1nc(-c2cccnc2)no1. The van der Waals surface area contributed by atoms with E-state index in [2.05, 4.69) is 15.1 Å². The third kappa shape index (κ3) is 3.08. The van der Waals surface area contributed by atoms with Gasteiger partial charge in [0.05, 0.1) is 19.1 Å². The van der Waals surface area contributed by atoms with Crippen molar-refractivity contribution in [2.45, 2.75) is 12.5 Å². The highest BCUT2D eigenvalue weighted by molar-refractivity contribution is 5.51. The smallest absolute Gasteiger partial charge is 0.229 e. The molecule has 0 saturated carbocycles. The first-order valence-electron chi connectivity index (χ1n) is 5.19. The molecule has 2 heterocycles. The molecular weight excluding hydrogens is 222 g/mol. The zero-order valence-corrected chi connectivity index (χ0v) is 9.41. The Balaban J connectivity index is 2.06. The van der Waals surface area contributed by atoms with Gasteiger partial charge in [-0.25, -0.2) is 0 Å². The van der Waals surface area contributed by atoms with Gasteiger partial charge in [-0.05, 0) is 12.1 Å². The largest absolute Gasteiger partial charge is 0.390 e. The Bertz CT molecular complexity index is 458. The molecule has 90 valence electrons. The molecule has 0 fully saturated rings. The Hall–Kier alpha value is -1.79. The van der Waals surface area contributed by atoms with Crippen LogP contribution in [-0.4, -0.2) is 40.1 Å². The van der Waals surface area contributed by atoms with E-state index in [9.17, 15) is 5.11 Å². The molecule has 0 aliphatic heterocycles. The van der Waals surface area contributed by atoms with Crippen LogP contribution in [-0.2, 0) is 11.2 Å². The molecule has 1 N–H and O–H groups in total. The lowest BCUT2D eigenvalue weighted by atomic mass is 10.2. The molecule has 0 bridgehead atoms. The van der Waals surface area contributed by atoms with Crippen LogP contribution in [0.25, 0.3) is 11.4 Å². The molecule has 0 aromatic carbocycles. The van der Waals surface area contributed by atoms with E-state index in [1.807, 2.05) is 6.07 Å². The van der Waals surface area contributed by atoms with Crippen molar-refractivity contribution >= 4 is 0 Å². The highest BCUT2D eigenvalue weighted by atomic mass is 16.5. The van der Waals surface area contributed by atoms with Gasteiger partial charge in [0.2, 0.25) is 11.7 Å².